The Hall–Kier alpha value is -2.70. The lowest BCUT2D eigenvalue weighted by Crippen LogP contribution is -2.18. The topological polar surface area (TPSA) is 89.3 Å². The molecule has 0 unspecified atom stereocenters. The van der Waals surface area contributed by atoms with Crippen LogP contribution < -0.4 is 5.69 Å². The van der Waals surface area contributed by atoms with Gasteiger partial charge in [-0.1, -0.05) is 12.1 Å². The van der Waals surface area contributed by atoms with Crippen LogP contribution >= 0.6 is 0 Å². The minimum Gasteiger partial charge on any atom is -0.460 e. The molecule has 3 aromatic rings. The fraction of sp³-hybridized carbons (Fsp3) is 0.167. The summed E-state index contributed by atoms with van der Waals surface area (Å²) in [5.41, 5.74) is 0.530. The molecule has 0 saturated carbocycles. The fourth-order valence-electron chi connectivity index (χ4n) is 1.87. The van der Waals surface area contributed by atoms with Crippen LogP contribution in [-0.2, 0) is 4.74 Å². The molecule has 7 heteroatoms. The average Bonchev–Trinajstić information content (AvgIpc) is 2.85. The Labute approximate surface area is 106 Å². The normalized spacial score (nSPS) is 11.0. The van der Waals surface area contributed by atoms with E-state index in [9.17, 15) is 9.59 Å². The number of benzene rings is 1. The molecule has 0 radical (unpaired) electrons. The second kappa shape index (κ2) is 4.20. The van der Waals surface area contributed by atoms with Crippen molar-refractivity contribution in [3.8, 4) is 0 Å². The van der Waals surface area contributed by atoms with Crippen molar-refractivity contribution >= 4 is 22.5 Å². The van der Waals surface area contributed by atoms with Crippen LogP contribution in [0.5, 0.6) is 0 Å². The molecule has 0 aliphatic rings. The Morgan fingerprint density at radius 1 is 1.42 bits per heavy atom. The molecule has 0 fully saturated rings. The number of aromatic amines is 1. The molecular formula is C12H10N4O3. The Morgan fingerprint density at radius 2 is 2.21 bits per heavy atom. The van der Waals surface area contributed by atoms with Gasteiger partial charge in [0.1, 0.15) is 0 Å². The van der Waals surface area contributed by atoms with Crippen LogP contribution in [0, 0.1) is 0 Å². The van der Waals surface area contributed by atoms with E-state index in [1.807, 2.05) is 6.07 Å². The SMILES string of the molecule is CCOC(=O)c1nc2c3ccccc3[nH]c(=O)n2n1. The van der Waals surface area contributed by atoms with Gasteiger partial charge in [-0.25, -0.2) is 14.6 Å². The van der Waals surface area contributed by atoms with Crippen molar-refractivity contribution in [2.45, 2.75) is 6.92 Å². The minimum absolute atomic E-state index is 0.122. The van der Waals surface area contributed by atoms with Gasteiger partial charge in [0, 0.05) is 5.39 Å². The molecule has 0 aliphatic carbocycles. The summed E-state index contributed by atoms with van der Waals surface area (Å²) in [4.78, 5) is 30.2. The van der Waals surface area contributed by atoms with E-state index in [-0.39, 0.29) is 12.4 Å². The van der Waals surface area contributed by atoms with Gasteiger partial charge in [-0.3, -0.25) is 0 Å². The number of ether oxygens (including phenoxy) is 1. The first-order valence-corrected chi connectivity index (χ1v) is 5.75. The zero-order valence-corrected chi connectivity index (χ0v) is 10.1. The number of aromatic nitrogens is 4. The molecule has 0 spiro atoms. The van der Waals surface area contributed by atoms with Gasteiger partial charge in [0.2, 0.25) is 0 Å². The number of fused-ring (bicyclic) bond motifs is 3. The quantitative estimate of drug-likeness (QED) is 0.685. The monoisotopic (exact) mass is 258 g/mol. The van der Waals surface area contributed by atoms with E-state index in [1.165, 1.54) is 0 Å². The van der Waals surface area contributed by atoms with E-state index < -0.39 is 11.7 Å². The summed E-state index contributed by atoms with van der Waals surface area (Å²) in [7, 11) is 0. The number of para-hydroxylation sites is 1. The predicted molar refractivity (Wildman–Crippen MR) is 67.1 cm³/mol. The van der Waals surface area contributed by atoms with Gasteiger partial charge in [-0.2, -0.15) is 4.52 Å². The van der Waals surface area contributed by atoms with Crippen LogP contribution in [0.15, 0.2) is 29.1 Å². The van der Waals surface area contributed by atoms with Crippen molar-refractivity contribution in [2.24, 2.45) is 0 Å². The molecule has 0 bridgehead atoms. The molecule has 1 N–H and O–H groups in total. The van der Waals surface area contributed by atoms with E-state index in [0.29, 0.717) is 16.6 Å². The lowest BCUT2D eigenvalue weighted by atomic mass is 10.2. The number of carbonyl (C=O) groups excluding carboxylic acids is 1. The van der Waals surface area contributed by atoms with Crippen molar-refractivity contribution in [1.82, 2.24) is 19.6 Å². The van der Waals surface area contributed by atoms with Crippen molar-refractivity contribution in [1.29, 1.82) is 0 Å². The highest BCUT2D eigenvalue weighted by molar-refractivity contribution is 5.93. The van der Waals surface area contributed by atoms with Crippen molar-refractivity contribution in [3.63, 3.8) is 0 Å². The van der Waals surface area contributed by atoms with Crippen LogP contribution in [0.4, 0.5) is 0 Å². The van der Waals surface area contributed by atoms with Crippen molar-refractivity contribution in [2.75, 3.05) is 6.61 Å². The summed E-state index contributed by atoms with van der Waals surface area (Å²) < 4.78 is 5.88. The van der Waals surface area contributed by atoms with Gasteiger partial charge in [0.05, 0.1) is 12.1 Å². The van der Waals surface area contributed by atoms with Gasteiger partial charge in [0.15, 0.2) is 5.65 Å². The molecule has 7 nitrogen and oxygen atoms in total. The molecule has 96 valence electrons. The number of nitrogens with zero attached hydrogens (tertiary/aromatic N) is 3. The van der Waals surface area contributed by atoms with Gasteiger partial charge >= 0.3 is 11.7 Å². The first-order valence-electron chi connectivity index (χ1n) is 5.75. The maximum atomic E-state index is 11.8. The molecular weight excluding hydrogens is 248 g/mol. The number of nitrogens with one attached hydrogen (secondary N) is 1. The van der Waals surface area contributed by atoms with Crippen molar-refractivity contribution in [3.05, 3.63) is 40.6 Å². The summed E-state index contributed by atoms with van der Waals surface area (Å²) in [6.45, 7) is 1.92. The number of esters is 1. The van der Waals surface area contributed by atoms with Gasteiger partial charge in [-0.15, -0.1) is 5.10 Å². The highest BCUT2D eigenvalue weighted by Gasteiger charge is 2.16. The third kappa shape index (κ3) is 1.75. The summed E-state index contributed by atoms with van der Waals surface area (Å²) in [5, 5.41) is 4.58. The Morgan fingerprint density at radius 3 is 3.00 bits per heavy atom. The second-order valence-electron chi connectivity index (χ2n) is 3.87. The van der Waals surface area contributed by atoms with E-state index in [1.54, 1.807) is 25.1 Å². The Kier molecular flexibility index (Phi) is 2.52. The highest BCUT2D eigenvalue weighted by atomic mass is 16.5. The van der Waals surface area contributed by atoms with E-state index in [4.69, 9.17) is 4.74 Å². The summed E-state index contributed by atoms with van der Waals surface area (Å²) in [5.74, 6) is -0.765. The van der Waals surface area contributed by atoms with Crippen LogP contribution in [0.3, 0.4) is 0 Å². The Balaban J connectivity index is 2.32. The molecule has 0 aliphatic heterocycles. The predicted octanol–water partition coefficient (Wildman–Crippen LogP) is 0.747. The van der Waals surface area contributed by atoms with Gasteiger partial charge in [0.25, 0.3) is 5.82 Å². The molecule has 19 heavy (non-hydrogen) atoms. The molecule has 0 atom stereocenters. The van der Waals surface area contributed by atoms with Crippen LogP contribution in [0.25, 0.3) is 16.6 Å². The molecule has 0 amide bonds. The van der Waals surface area contributed by atoms with Crippen LogP contribution in [-0.4, -0.2) is 32.2 Å². The number of hydrogen-bond acceptors (Lipinski definition) is 5. The maximum Gasteiger partial charge on any atom is 0.378 e. The first-order chi connectivity index (χ1) is 9.20. The van der Waals surface area contributed by atoms with E-state index in [2.05, 4.69) is 15.1 Å². The smallest absolute Gasteiger partial charge is 0.378 e. The molecule has 1 aromatic carbocycles. The standard InChI is InChI=1S/C12H10N4O3/c1-2-19-11(17)9-14-10-7-5-3-4-6-8(7)13-12(18)16(10)15-9/h3-6H,2H2,1H3,(H,13,18). The summed E-state index contributed by atoms with van der Waals surface area (Å²) >= 11 is 0. The number of H-pyrrole nitrogens is 1. The molecule has 2 heterocycles. The van der Waals surface area contributed by atoms with Gasteiger partial charge in [-0.05, 0) is 19.1 Å². The number of hydrogen-bond donors (Lipinski definition) is 1. The molecule has 2 aromatic heterocycles. The molecule has 3 rings (SSSR count). The average molecular weight is 258 g/mol. The zero-order valence-electron chi connectivity index (χ0n) is 10.1. The van der Waals surface area contributed by atoms with E-state index >= 15 is 0 Å². The number of rotatable bonds is 2. The third-order valence-electron chi connectivity index (χ3n) is 2.67. The van der Waals surface area contributed by atoms with Crippen LogP contribution in [0.2, 0.25) is 0 Å². The minimum atomic E-state index is -0.644. The number of carbonyl (C=O) groups is 1. The third-order valence-corrected chi connectivity index (χ3v) is 2.67. The summed E-state index contributed by atoms with van der Waals surface area (Å²) in [6.07, 6.45) is 0. The maximum absolute atomic E-state index is 11.8. The Bertz CT molecular complexity index is 834. The lowest BCUT2D eigenvalue weighted by molar-refractivity contribution is 0.0512. The van der Waals surface area contributed by atoms with Crippen molar-refractivity contribution < 1.29 is 9.53 Å². The zero-order chi connectivity index (χ0) is 13.4. The van der Waals surface area contributed by atoms with Gasteiger partial charge < -0.3 is 9.72 Å². The fourth-order valence-corrected chi connectivity index (χ4v) is 1.87. The van der Waals surface area contributed by atoms with E-state index in [0.717, 1.165) is 4.52 Å². The largest absolute Gasteiger partial charge is 0.460 e. The molecule has 0 saturated heterocycles. The lowest BCUT2D eigenvalue weighted by Gasteiger charge is -1.97. The first kappa shape index (κ1) is 11.4. The highest BCUT2D eigenvalue weighted by Crippen LogP contribution is 2.14. The van der Waals surface area contributed by atoms with Crippen LogP contribution in [0.1, 0.15) is 17.5 Å². The second-order valence-corrected chi connectivity index (χ2v) is 3.87. The summed E-state index contributed by atoms with van der Waals surface area (Å²) in [6, 6.07) is 7.18.